The molecule has 0 radical (unpaired) electrons. The van der Waals surface area contributed by atoms with Gasteiger partial charge in [0.05, 0.1) is 6.20 Å². The van der Waals surface area contributed by atoms with Crippen LogP contribution in [0.4, 0.5) is 8.78 Å². The van der Waals surface area contributed by atoms with Crippen LogP contribution in [0.3, 0.4) is 0 Å². The molecule has 0 aliphatic rings. The number of aromatic amines is 1. The first kappa shape index (κ1) is 14.9. The summed E-state index contributed by atoms with van der Waals surface area (Å²) >= 11 is 0. The molecule has 6 heteroatoms. The van der Waals surface area contributed by atoms with Gasteiger partial charge in [0.25, 0.3) is 5.91 Å². The number of carbonyl (C=O) groups excluding carboxylic acids is 1. The maximum atomic E-state index is 13.4. The Morgan fingerprint density at radius 2 is 1.78 bits per heavy atom. The van der Waals surface area contributed by atoms with Gasteiger partial charge in [0.15, 0.2) is 0 Å². The van der Waals surface area contributed by atoms with Gasteiger partial charge in [-0.3, -0.25) is 9.89 Å². The lowest BCUT2D eigenvalue weighted by Crippen LogP contribution is -2.23. The van der Waals surface area contributed by atoms with E-state index in [1.165, 1.54) is 6.20 Å². The molecule has 0 atom stereocenters. The molecular weight excluding hydrogens is 300 g/mol. The van der Waals surface area contributed by atoms with Crippen LogP contribution in [0.5, 0.6) is 0 Å². The van der Waals surface area contributed by atoms with Crippen molar-refractivity contribution in [3.63, 3.8) is 0 Å². The van der Waals surface area contributed by atoms with Crippen LogP contribution >= 0.6 is 0 Å². The maximum Gasteiger partial charge on any atom is 0.270 e. The van der Waals surface area contributed by atoms with Gasteiger partial charge < -0.3 is 5.32 Å². The van der Waals surface area contributed by atoms with Crippen molar-refractivity contribution < 1.29 is 13.6 Å². The third kappa shape index (κ3) is 3.42. The lowest BCUT2D eigenvalue weighted by atomic mass is 10.1. The van der Waals surface area contributed by atoms with Crippen LogP contribution in [0, 0.1) is 11.6 Å². The first-order valence-corrected chi connectivity index (χ1v) is 6.95. The summed E-state index contributed by atoms with van der Waals surface area (Å²) in [5.41, 5.74) is 1.69. The molecule has 1 heterocycles. The predicted octanol–water partition coefficient (Wildman–Crippen LogP) is 3.28. The maximum absolute atomic E-state index is 13.4. The fourth-order valence-electron chi connectivity index (χ4n) is 2.25. The minimum absolute atomic E-state index is 0.158. The highest BCUT2D eigenvalue weighted by Gasteiger charge is 2.16. The smallest absolute Gasteiger partial charge is 0.270 e. The second-order valence-electron chi connectivity index (χ2n) is 4.99. The fourth-order valence-corrected chi connectivity index (χ4v) is 2.25. The zero-order valence-electron chi connectivity index (χ0n) is 12.0. The number of hydrogen-bond acceptors (Lipinski definition) is 2. The molecule has 0 saturated heterocycles. The van der Waals surface area contributed by atoms with E-state index in [2.05, 4.69) is 15.5 Å². The van der Waals surface area contributed by atoms with Gasteiger partial charge in [-0.05, 0) is 23.3 Å². The van der Waals surface area contributed by atoms with Crippen LogP contribution < -0.4 is 5.32 Å². The van der Waals surface area contributed by atoms with E-state index in [-0.39, 0.29) is 11.3 Å². The van der Waals surface area contributed by atoms with Crippen molar-refractivity contribution in [3.8, 4) is 11.1 Å². The van der Waals surface area contributed by atoms with Gasteiger partial charge in [0, 0.05) is 18.2 Å². The van der Waals surface area contributed by atoms with E-state index in [0.717, 1.165) is 23.8 Å². The summed E-state index contributed by atoms with van der Waals surface area (Å²) in [5.74, 6) is -1.82. The number of amides is 1. The Balaban J connectivity index is 1.81. The largest absolute Gasteiger partial charge is 0.347 e. The van der Waals surface area contributed by atoms with Gasteiger partial charge in [0.2, 0.25) is 0 Å². The van der Waals surface area contributed by atoms with Gasteiger partial charge in [-0.1, -0.05) is 30.3 Å². The van der Waals surface area contributed by atoms with Gasteiger partial charge in [-0.25, -0.2) is 8.78 Å². The van der Waals surface area contributed by atoms with Gasteiger partial charge in [-0.15, -0.1) is 0 Å². The summed E-state index contributed by atoms with van der Waals surface area (Å²) in [6.45, 7) is 0.343. The van der Waals surface area contributed by atoms with Gasteiger partial charge >= 0.3 is 0 Å². The minimum atomic E-state index is -0.711. The highest BCUT2D eigenvalue weighted by molar-refractivity contribution is 5.98. The molecule has 3 rings (SSSR count). The zero-order valence-corrected chi connectivity index (χ0v) is 12.0. The van der Waals surface area contributed by atoms with E-state index in [1.54, 1.807) is 0 Å². The van der Waals surface area contributed by atoms with Crippen molar-refractivity contribution in [2.45, 2.75) is 6.54 Å². The fraction of sp³-hybridized carbons (Fsp3) is 0.0588. The lowest BCUT2D eigenvalue weighted by Gasteiger charge is -2.06. The Bertz CT molecular complexity index is 811. The molecule has 1 amide bonds. The van der Waals surface area contributed by atoms with Crippen LogP contribution in [0.1, 0.15) is 16.1 Å². The number of carbonyl (C=O) groups is 1. The average Bonchev–Trinajstić information content (AvgIpc) is 3.02. The molecule has 0 saturated carbocycles. The molecule has 0 bridgehead atoms. The molecule has 4 nitrogen and oxygen atoms in total. The van der Waals surface area contributed by atoms with Crippen molar-refractivity contribution in [1.29, 1.82) is 0 Å². The van der Waals surface area contributed by atoms with Crippen molar-refractivity contribution in [3.05, 3.63) is 77.6 Å². The summed E-state index contributed by atoms with van der Waals surface area (Å²) in [4.78, 5) is 12.3. The van der Waals surface area contributed by atoms with Crippen LogP contribution in [-0.2, 0) is 6.54 Å². The molecule has 0 fully saturated rings. The van der Waals surface area contributed by atoms with Crippen LogP contribution in [-0.4, -0.2) is 16.1 Å². The number of rotatable bonds is 4. The molecule has 3 aromatic rings. The molecule has 116 valence electrons. The van der Waals surface area contributed by atoms with E-state index < -0.39 is 17.5 Å². The first-order chi connectivity index (χ1) is 11.1. The normalized spacial score (nSPS) is 10.5. The summed E-state index contributed by atoms with van der Waals surface area (Å²) in [6.07, 6.45) is 1.37. The molecule has 0 aliphatic heterocycles. The number of nitrogens with zero attached hydrogens (tertiary/aromatic N) is 1. The molecule has 0 unspecified atom stereocenters. The molecule has 23 heavy (non-hydrogen) atoms. The van der Waals surface area contributed by atoms with Crippen LogP contribution in [0.15, 0.2) is 54.7 Å². The van der Waals surface area contributed by atoms with Gasteiger partial charge in [-0.2, -0.15) is 5.10 Å². The topological polar surface area (TPSA) is 57.8 Å². The Morgan fingerprint density at radius 1 is 1.09 bits per heavy atom. The average molecular weight is 313 g/mol. The first-order valence-electron chi connectivity index (χ1n) is 6.95. The van der Waals surface area contributed by atoms with E-state index in [4.69, 9.17) is 0 Å². The monoisotopic (exact) mass is 313 g/mol. The quantitative estimate of drug-likeness (QED) is 0.776. The number of halogens is 2. The molecule has 0 aliphatic carbocycles. The highest BCUT2D eigenvalue weighted by atomic mass is 19.1. The Kier molecular flexibility index (Phi) is 4.14. The second-order valence-corrected chi connectivity index (χ2v) is 4.99. The van der Waals surface area contributed by atoms with Crippen molar-refractivity contribution in [1.82, 2.24) is 15.5 Å². The predicted molar refractivity (Wildman–Crippen MR) is 81.6 cm³/mol. The SMILES string of the molecule is O=C(NCc1ccccc1)c1[nH]ncc1-c1cc(F)cc(F)c1. The number of benzene rings is 2. The third-order valence-corrected chi connectivity index (χ3v) is 3.34. The van der Waals surface area contributed by atoms with Crippen molar-refractivity contribution in [2.24, 2.45) is 0 Å². The number of H-pyrrole nitrogens is 1. The lowest BCUT2D eigenvalue weighted by molar-refractivity contribution is 0.0946. The van der Waals surface area contributed by atoms with Crippen LogP contribution in [0.25, 0.3) is 11.1 Å². The summed E-state index contributed by atoms with van der Waals surface area (Å²) < 4.78 is 26.7. The summed E-state index contributed by atoms with van der Waals surface area (Å²) in [6, 6.07) is 12.5. The van der Waals surface area contributed by atoms with Gasteiger partial charge in [0.1, 0.15) is 17.3 Å². The van der Waals surface area contributed by atoms with E-state index in [9.17, 15) is 13.6 Å². The standard InChI is InChI=1S/C17H13F2N3O/c18-13-6-12(7-14(19)8-13)15-10-21-22-16(15)17(23)20-9-11-4-2-1-3-5-11/h1-8,10H,9H2,(H,20,23)(H,21,22). The van der Waals surface area contributed by atoms with Crippen LogP contribution in [0.2, 0.25) is 0 Å². The molecule has 0 spiro atoms. The second kappa shape index (κ2) is 6.39. The van der Waals surface area contributed by atoms with E-state index in [0.29, 0.717) is 12.1 Å². The number of hydrogen-bond donors (Lipinski definition) is 2. The highest BCUT2D eigenvalue weighted by Crippen LogP contribution is 2.24. The summed E-state index contributed by atoms with van der Waals surface area (Å²) in [5, 5.41) is 9.12. The van der Waals surface area contributed by atoms with Crippen molar-refractivity contribution in [2.75, 3.05) is 0 Å². The van der Waals surface area contributed by atoms with E-state index in [1.807, 2.05) is 30.3 Å². The third-order valence-electron chi connectivity index (χ3n) is 3.34. The molecule has 2 N–H and O–H groups in total. The summed E-state index contributed by atoms with van der Waals surface area (Å²) in [7, 11) is 0. The molecule has 1 aromatic heterocycles. The number of aromatic nitrogens is 2. The zero-order chi connectivity index (χ0) is 16.2. The minimum Gasteiger partial charge on any atom is -0.347 e. The Morgan fingerprint density at radius 3 is 2.48 bits per heavy atom. The molecule has 2 aromatic carbocycles. The van der Waals surface area contributed by atoms with E-state index >= 15 is 0 Å². The van der Waals surface area contributed by atoms with Crippen molar-refractivity contribution >= 4 is 5.91 Å². The number of nitrogens with one attached hydrogen (secondary N) is 2. The Labute approximate surface area is 131 Å². The molecular formula is C17H13F2N3O. The Hall–Kier alpha value is -3.02.